The van der Waals surface area contributed by atoms with E-state index in [2.05, 4.69) is 24.9 Å². The highest BCUT2D eigenvalue weighted by atomic mass is 16.5. The molecule has 0 fully saturated rings. The Balaban J connectivity index is 2.49. The van der Waals surface area contributed by atoms with E-state index in [1.54, 1.807) is 7.11 Å². The normalized spacial score (nSPS) is 10.5. The SMILES string of the molecule is COc1ccc(CCC(C)C)cn1. The van der Waals surface area contributed by atoms with Gasteiger partial charge in [0.1, 0.15) is 0 Å². The molecule has 13 heavy (non-hydrogen) atoms. The molecule has 2 heteroatoms. The zero-order valence-corrected chi connectivity index (χ0v) is 8.58. The van der Waals surface area contributed by atoms with Crippen molar-refractivity contribution in [1.82, 2.24) is 4.98 Å². The second-order valence-corrected chi connectivity index (χ2v) is 3.64. The standard InChI is InChI=1S/C11H17NO/c1-9(2)4-5-10-6-7-11(13-3)12-8-10/h6-9H,4-5H2,1-3H3. The summed E-state index contributed by atoms with van der Waals surface area (Å²) in [5.41, 5.74) is 1.29. The van der Waals surface area contributed by atoms with Crippen LogP contribution in [0.25, 0.3) is 0 Å². The first-order chi connectivity index (χ1) is 6.22. The molecule has 0 spiro atoms. The minimum Gasteiger partial charge on any atom is -0.481 e. The lowest BCUT2D eigenvalue weighted by atomic mass is 10.0. The second-order valence-electron chi connectivity index (χ2n) is 3.64. The van der Waals surface area contributed by atoms with E-state index in [1.165, 1.54) is 12.0 Å². The van der Waals surface area contributed by atoms with Crippen LogP contribution in [0.4, 0.5) is 0 Å². The number of methoxy groups -OCH3 is 1. The van der Waals surface area contributed by atoms with Gasteiger partial charge in [-0.3, -0.25) is 0 Å². The monoisotopic (exact) mass is 179 g/mol. The van der Waals surface area contributed by atoms with E-state index in [0.717, 1.165) is 12.3 Å². The number of hydrogen-bond acceptors (Lipinski definition) is 2. The first-order valence-electron chi connectivity index (χ1n) is 4.71. The molecule has 2 nitrogen and oxygen atoms in total. The van der Waals surface area contributed by atoms with Gasteiger partial charge in [-0.15, -0.1) is 0 Å². The van der Waals surface area contributed by atoms with Crippen LogP contribution in [0.2, 0.25) is 0 Å². The maximum absolute atomic E-state index is 4.98. The first kappa shape index (κ1) is 10.0. The van der Waals surface area contributed by atoms with Crippen LogP contribution in [0.1, 0.15) is 25.8 Å². The van der Waals surface area contributed by atoms with Crippen molar-refractivity contribution < 1.29 is 4.74 Å². The molecule has 1 aromatic rings. The molecule has 0 aliphatic rings. The average Bonchev–Trinajstić information content (AvgIpc) is 2.15. The van der Waals surface area contributed by atoms with E-state index in [0.29, 0.717) is 5.88 Å². The number of hydrogen-bond donors (Lipinski definition) is 0. The largest absolute Gasteiger partial charge is 0.481 e. The predicted molar refractivity (Wildman–Crippen MR) is 53.9 cm³/mol. The number of aryl methyl sites for hydroxylation is 1. The molecule has 0 radical (unpaired) electrons. The smallest absolute Gasteiger partial charge is 0.212 e. The Morgan fingerprint density at radius 1 is 1.38 bits per heavy atom. The van der Waals surface area contributed by atoms with Crippen LogP contribution >= 0.6 is 0 Å². The molecule has 0 bridgehead atoms. The lowest BCUT2D eigenvalue weighted by Gasteiger charge is -2.04. The summed E-state index contributed by atoms with van der Waals surface area (Å²) >= 11 is 0. The van der Waals surface area contributed by atoms with Crippen LogP contribution in [0, 0.1) is 5.92 Å². The van der Waals surface area contributed by atoms with E-state index in [9.17, 15) is 0 Å². The summed E-state index contributed by atoms with van der Waals surface area (Å²) in [6.07, 6.45) is 4.21. The summed E-state index contributed by atoms with van der Waals surface area (Å²) in [6, 6.07) is 3.99. The zero-order chi connectivity index (χ0) is 9.68. The Kier molecular flexibility index (Phi) is 3.74. The van der Waals surface area contributed by atoms with Crippen LogP contribution < -0.4 is 4.74 Å². The molecule has 0 saturated carbocycles. The third-order valence-corrected chi connectivity index (χ3v) is 2.02. The second kappa shape index (κ2) is 4.85. The molecule has 72 valence electrons. The Labute approximate surface area is 80.0 Å². The van der Waals surface area contributed by atoms with Gasteiger partial charge in [-0.1, -0.05) is 19.9 Å². The number of nitrogens with zero attached hydrogens (tertiary/aromatic N) is 1. The molecule has 0 unspecified atom stereocenters. The highest BCUT2D eigenvalue weighted by Crippen LogP contribution is 2.11. The van der Waals surface area contributed by atoms with Gasteiger partial charge in [0.15, 0.2) is 0 Å². The summed E-state index contributed by atoms with van der Waals surface area (Å²) in [4.78, 5) is 4.15. The Bertz CT molecular complexity index is 241. The molecule has 1 heterocycles. The summed E-state index contributed by atoms with van der Waals surface area (Å²) in [5, 5.41) is 0. The van der Waals surface area contributed by atoms with Crippen molar-refractivity contribution >= 4 is 0 Å². The molecule has 0 aromatic carbocycles. The van der Waals surface area contributed by atoms with Crippen LogP contribution in [0.5, 0.6) is 5.88 Å². The zero-order valence-electron chi connectivity index (χ0n) is 8.58. The van der Waals surface area contributed by atoms with Gasteiger partial charge in [0.2, 0.25) is 5.88 Å². The van der Waals surface area contributed by atoms with Crippen LogP contribution in [0.15, 0.2) is 18.3 Å². The van der Waals surface area contributed by atoms with Crippen molar-refractivity contribution in [3.05, 3.63) is 23.9 Å². The summed E-state index contributed by atoms with van der Waals surface area (Å²) in [7, 11) is 1.64. The quantitative estimate of drug-likeness (QED) is 0.709. The highest BCUT2D eigenvalue weighted by molar-refractivity contribution is 5.17. The molecule has 0 N–H and O–H groups in total. The molecule has 0 aliphatic heterocycles. The van der Waals surface area contributed by atoms with Crippen molar-refractivity contribution in [1.29, 1.82) is 0 Å². The molecule has 1 rings (SSSR count). The van der Waals surface area contributed by atoms with Crippen molar-refractivity contribution in [3.63, 3.8) is 0 Å². The summed E-state index contributed by atoms with van der Waals surface area (Å²) in [5.74, 6) is 1.44. The minimum atomic E-state index is 0.688. The van der Waals surface area contributed by atoms with Crippen LogP contribution in [-0.2, 0) is 6.42 Å². The van der Waals surface area contributed by atoms with Crippen molar-refractivity contribution in [2.75, 3.05) is 7.11 Å². The van der Waals surface area contributed by atoms with Gasteiger partial charge in [-0.2, -0.15) is 0 Å². The lowest BCUT2D eigenvalue weighted by molar-refractivity contribution is 0.397. The molecular formula is C11H17NO. The number of aromatic nitrogens is 1. The topological polar surface area (TPSA) is 22.1 Å². The van der Waals surface area contributed by atoms with Gasteiger partial charge >= 0.3 is 0 Å². The molecule has 0 amide bonds. The van der Waals surface area contributed by atoms with Crippen LogP contribution in [-0.4, -0.2) is 12.1 Å². The van der Waals surface area contributed by atoms with Gasteiger partial charge < -0.3 is 4.74 Å². The molecule has 0 atom stereocenters. The van der Waals surface area contributed by atoms with E-state index >= 15 is 0 Å². The Hall–Kier alpha value is -1.05. The molecular weight excluding hydrogens is 162 g/mol. The third kappa shape index (κ3) is 3.45. The maximum Gasteiger partial charge on any atom is 0.212 e. The predicted octanol–water partition coefficient (Wildman–Crippen LogP) is 2.68. The fourth-order valence-electron chi connectivity index (χ4n) is 1.13. The lowest BCUT2D eigenvalue weighted by Crippen LogP contribution is -1.93. The van der Waals surface area contributed by atoms with Gasteiger partial charge in [0.05, 0.1) is 7.11 Å². The van der Waals surface area contributed by atoms with Crippen molar-refractivity contribution in [2.24, 2.45) is 5.92 Å². The summed E-state index contributed by atoms with van der Waals surface area (Å²) < 4.78 is 4.98. The van der Waals surface area contributed by atoms with E-state index in [-0.39, 0.29) is 0 Å². The number of ether oxygens (including phenoxy) is 1. The van der Waals surface area contributed by atoms with Gasteiger partial charge in [-0.25, -0.2) is 4.98 Å². The Morgan fingerprint density at radius 2 is 2.15 bits per heavy atom. The summed E-state index contributed by atoms with van der Waals surface area (Å²) in [6.45, 7) is 4.47. The molecule has 0 saturated heterocycles. The first-order valence-corrected chi connectivity index (χ1v) is 4.71. The highest BCUT2D eigenvalue weighted by Gasteiger charge is 1.97. The minimum absolute atomic E-state index is 0.688. The van der Waals surface area contributed by atoms with Crippen LogP contribution in [0.3, 0.4) is 0 Å². The van der Waals surface area contributed by atoms with E-state index in [4.69, 9.17) is 4.74 Å². The maximum atomic E-state index is 4.98. The fourth-order valence-corrected chi connectivity index (χ4v) is 1.13. The molecule has 0 aliphatic carbocycles. The van der Waals surface area contributed by atoms with Gasteiger partial charge in [0, 0.05) is 12.3 Å². The Morgan fingerprint density at radius 3 is 2.62 bits per heavy atom. The fraction of sp³-hybridized carbons (Fsp3) is 0.545. The van der Waals surface area contributed by atoms with E-state index < -0.39 is 0 Å². The van der Waals surface area contributed by atoms with E-state index in [1.807, 2.05) is 12.3 Å². The van der Waals surface area contributed by atoms with Gasteiger partial charge in [0.25, 0.3) is 0 Å². The average molecular weight is 179 g/mol. The number of pyridine rings is 1. The third-order valence-electron chi connectivity index (χ3n) is 2.02. The van der Waals surface area contributed by atoms with Gasteiger partial charge in [-0.05, 0) is 24.3 Å². The van der Waals surface area contributed by atoms with Crippen molar-refractivity contribution in [2.45, 2.75) is 26.7 Å². The van der Waals surface area contributed by atoms with Crippen molar-refractivity contribution in [3.8, 4) is 5.88 Å². The molecule has 1 aromatic heterocycles. The number of rotatable bonds is 4.